The van der Waals surface area contributed by atoms with Gasteiger partial charge in [0.05, 0.1) is 10.3 Å². The second-order valence-electron chi connectivity index (χ2n) is 3.41. The first-order chi connectivity index (χ1) is 8.29. The normalized spacial score (nSPS) is 11.7. The maximum Gasteiger partial charge on any atom is 0.449 e. The number of alkyl halides is 3. The molecule has 1 aromatic heterocycles. The number of non-ortho nitro benzene ring substituents is 1. The van der Waals surface area contributed by atoms with Crippen molar-refractivity contribution in [2.45, 2.75) is 6.18 Å². The fourth-order valence-electron chi connectivity index (χ4n) is 1.40. The predicted octanol–water partition coefficient (Wildman–Crippen LogP) is 2.72. The monoisotopic (exact) mass is 259 g/mol. The molecule has 0 N–H and O–H groups in total. The summed E-state index contributed by atoms with van der Waals surface area (Å²) in [5.41, 5.74) is -1.72. The van der Waals surface area contributed by atoms with Gasteiger partial charge in [-0.15, -0.1) is 0 Å². The molecule has 2 rings (SSSR count). The van der Waals surface area contributed by atoms with Gasteiger partial charge in [0.15, 0.2) is 5.43 Å². The molecule has 1 aromatic carbocycles. The van der Waals surface area contributed by atoms with E-state index in [-0.39, 0.29) is 17.0 Å². The van der Waals surface area contributed by atoms with Gasteiger partial charge in [-0.05, 0) is 6.07 Å². The lowest BCUT2D eigenvalue weighted by Gasteiger charge is -2.05. The molecule has 0 bridgehead atoms. The van der Waals surface area contributed by atoms with Crippen LogP contribution < -0.4 is 5.43 Å². The van der Waals surface area contributed by atoms with E-state index in [1.165, 1.54) is 0 Å². The van der Waals surface area contributed by atoms with Crippen LogP contribution >= 0.6 is 0 Å². The summed E-state index contributed by atoms with van der Waals surface area (Å²) in [6.07, 6.45) is -4.78. The molecule has 0 fully saturated rings. The molecule has 0 saturated heterocycles. The van der Waals surface area contributed by atoms with Crippen molar-refractivity contribution in [1.82, 2.24) is 0 Å². The Balaban J connectivity index is 2.74. The second kappa shape index (κ2) is 3.83. The number of benzene rings is 1. The molecule has 2 aromatic rings. The Bertz CT molecular complexity index is 690. The van der Waals surface area contributed by atoms with Crippen LogP contribution in [0, 0.1) is 10.1 Å². The van der Waals surface area contributed by atoms with Gasteiger partial charge in [0.25, 0.3) is 5.69 Å². The Hall–Kier alpha value is -2.38. The van der Waals surface area contributed by atoms with E-state index in [0.717, 1.165) is 18.2 Å². The van der Waals surface area contributed by atoms with Crippen LogP contribution in [0.1, 0.15) is 5.76 Å². The molecule has 18 heavy (non-hydrogen) atoms. The predicted molar refractivity (Wildman–Crippen MR) is 54.1 cm³/mol. The van der Waals surface area contributed by atoms with E-state index in [1.54, 1.807) is 0 Å². The summed E-state index contributed by atoms with van der Waals surface area (Å²) in [6.45, 7) is 0. The molecule has 0 unspecified atom stereocenters. The lowest BCUT2D eigenvalue weighted by Crippen LogP contribution is -2.11. The molecule has 0 amide bonds. The highest BCUT2D eigenvalue weighted by atomic mass is 19.4. The number of hydrogen-bond acceptors (Lipinski definition) is 4. The third kappa shape index (κ3) is 2.04. The molecule has 0 atom stereocenters. The minimum atomic E-state index is -4.78. The minimum Gasteiger partial charge on any atom is -0.451 e. The number of rotatable bonds is 1. The Labute approximate surface area is 96.6 Å². The fourth-order valence-corrected chi connectivity index (χ4v) is 1.40. The third-order valence-electron chi connectivity index (χ3n) is 2.20. The van der Waals surface area contributed by atoms with Crippen LogP contribution in [-0.4, -0.2) is 4.92 Å². The van der Waals surface area contributed by atoms with Crippen molar-refractivity contribution >= 4 is 16.7 Å². The number of hydrogen-bond donors (Lipinski definition) is 0. The number of nitrogens with zero attached hydrogens (tertiary/aromatic N) is 1. The van der Waals surface area contributed by atoms with Crippen molar-refractivity contribution in [3.05, 3.63) is 50.4 Å². The van der Waals surface area contributed by atoms with Crippen molar-refractivity contribution in [3.8, 4) is 0 Å². The van der Waals surface area contributed by atoms with Gasteiger partial charge in [0.2, 0.25) is 5.76 Å². The average molecular weight is 259 g/mol. The summed E-state index contributed by atoms with van der Waals surface area (Å²) < 4.78 is 41.6. The molecule has 1 heterocycles. The summed E-state index contributed by atoms with van der Waals surface area (Å²) in [5.74, 6) is -1.44. The van der Waals surface area contributed by atoms with E-state index in [9.17, 15) is 28.1 Å². The third-order valence-corrected chi connectivity index (χ3v) is 2.20. The number of fused-ring (bicyclic) bond motifs is 1. The van der Waals surface area contributed by atoms with E-state index < -0.39 is 28.0 Å². The SMILES string of the molecule is O=c1cc(C(F)(F)F)oc2ccc([N+](=O)[O-])cc12. The molecular weight excluding hydrogens is 255 g/mol. The lowest BCUT2D eigenvalue weighted by atomic mass is 10.2. The van der Waals surface area contributed by atoms with E-state index in [2.05, 4.69) is 4.42 Å². The molecule has 0 aliphatic rings. The van der Waals surface area contributed by atoms with E-state index in [0.29, 0.717) is 0 Å². The molecule has 5 nitrogen and oxygen atoms in total. The maximum absolute atomic E-state index is 12.4. The van der Waals surface area contributed by atoms with Gasteiger partial charge >= 0.3 is 6.18 Å². The smallest absolute Gasteiger partial charge is 0.449 e. The Kier molecular flexibility index (Phi) is 2.57. The summed E-state index contributed by atoms with van der Waals surface area (Å²) in [5, 5.41) is 10.2. The van der Waals surface area contributed by atoms with Crippen molar-refractivity contribution in [2.75, 3.05) is 0 Å². The summed E-state index contributed by atoms with van der Waals surface area (Å²) in [6, 6.07) is 3.07. The molecule has 0 spiro atoms. The standard InChI is InChI=1S/C10H4F3NO4/c11-10(12,13)9-4-7(15)6-3-5(14(16)17)1-2-8(6)18-9/h1-4H. The number of nitro benzene ring substituents is 1. The average Bonchev–Trinajstić information content (AvgIpc) is 2.27. The lowest BCUT2D eigenvalue weighted by molar-refractivity contribution is -0.384. The first-order valence-electron chi connectivity index (χ1n) is 4.58. The Morgan fingerprint density at radius 2 is 1.89 bits per heavy atom. The number of halogens is 3. The van der Waals surface area contributed by atoms with Crippen molar-refractivity contribution in [2.24, 2.45) is 0 Å². The summed E-state index contributed by atoms with van der Waals surface area (Å²) >= 11 is 0. The molecule has 8 heteroatoms. The van der Waals surface area contributed by atoms with Gasteiger partial charge in [-0.25, -0.2) is 0 Å². The van der Waals surface area contributed by atoms with Crippen LogP contribution in [0.4, 0.5) is 18.9 Å². The zero-order valence-corrected chi connectivity index (χ0v) is 8.52. The van der Waals surface area contributed by atoms with Crippen molar-refractivity contribution in [1.29, 1.82) is 0 Å². The summed E-state index contributed by atoms with van der Waals surface area (Å²) in [4.78, 5) is 21.2. The Morgan fingerprint density at radius 3 is 2.44 bits per heavy atom. The highest BCUT2D eigenvalue weighted by Crippen LogP contribution is 2.30. The molecule has 0 radical (unpaired) electrons. The van der Waals surface area contributed by atoms with Crippen LogP contribution in [0.2, 0.25) is 0 Å². The van der Waals surface area contributed by atoms with Crippen LogP contribution in [0.15, 0.2) is 33.5 Å². The van der Waals surface area contributed by atoms with Gasteiger partial charge in [-0.2, -0.15) is 13.2 Å². The van der Waals surface area contributed by atoms with Crippen molar-refractivity contribution < 1.29 is 22.5 Å². The van der Waals surface area contributed by atoms with Gasteiger partial charge in [0, 0.05) is 18.2 Å². The van der Waals surface area contributed by atoms with Crippen LogP contribution in [0.5, 0.6) is 0 Å². The van der Waals surface area contributed by atoms with E-state index >= 15 is 0 Å². The first kappa shape index (κ1) is 12.1. The van der Waals surface area contributed by atoms with Gasteiger partial charge < -0.3 is 4.42 Å². The quantitative estimate of drug-likeness (QED) is 0.583. The van der Waals surface area contributed by atoms with Crippen molar-refractivity contribution in [3.63, 3.8) is 0 Å². The fraction of sp³-hybridized carbons (Fsp3) is 0.100. The zero-order chi connectivity index (χ0) is 13.5. The zero-order valence-electron chi connectivity index (χ0n) is 8.52. The largest absolute Gasteiger partial charge is 0.451 e. The topological polar surface area (TPSA) is 73.3 Å². The van der Waals surface area contributed by atoms with Gasteiger partial charge in [-0.1, -0.05) is 0 Å². The van der Waals surface area contributed by atoms with Crippen LogP contribution in [0.25, 0.3) is 11.0 Å². The summed E-state index contributed by atoms with van der Waals surface area (Å²) in [7, 11) is 0. The molecule has 0 aliphatic carbocycles. The molecule has 0 saturated carbocycles. The van der Waals surface area contributed by atoms with Gasteiger partial charge in [-0.3, -0.25) is 14.9 Å². The highest BCUT2D eigenvalue weighted by Gasteiger charge is 2.35. The highest BCUT2D eigenvalue weighted by molar-refractivity contribution is 5.79. The maximum atomic E-state index is 12.4. The second-order valence-corrected chi connectivity index (χ2v) is 3.41. The molecular formula is C10H4F3NO4. The van der Waals surface area contributed by atoms with E-state index in [1.807, 2.05) is 0 Å². The van der Waals surface area contributed by atoms with E-state index in [4.69, 9.17) is 0 Å². The van der Waals surface area contributed by atoms with Crippen LogP contribution in [-0.2, 0) is 6.18 Å². The molecule has 94 valence electrons. The molecule has 0 aliphatic heterocycles. The van der Waals surface area contributed by atoms with Crippen LogP contribution in [0.3, 0.4) is 0 Å². The minimum absolute atomic E-state index is 0.266. The Morgan fingerprint density at radius 1 is 1.22 bits per heavy atom. The number of nitro groups is 1. The first-order valence-corrected chi connectivity index (χ1v) is 4.58. The van der Waals surface area contributed by atoms with Gasteiger partial charge in [0.1, 0.15) is 5.58 Å².